The number of hydrogen-bond acceptors (Lipinski definition) is 9. The van der Waals surface area contributed by atoms with E-state index < -0.39 is 32.1 Å². The Morgan fingerprint density at radius 2 is 1.55 bits per heavy atom. The van der Waals surface area contributed by atoms with Crippen LogP contribution in [0.3, 0.4) is 0 Å². The summed E-state index contributed by atoms with van der Waals surface area (Å²) in [5.74, 6) is -1.19. The Balaban J connectivity index is 2.02. The SMILES string of the molecule is O=C1OC(c2ccc([N+](=O)[O-])cc2Cl)=N/C1=C\c1ccc([N+](=O)[O-])cc1[N+](=O)[O-]. The molecule has 0 spiro atoms. The topological polar surface area (TPSA) is 168 Å². The summed E-state index contributed by atoms with van der Waals surface area (Å²) in [6.07, 6.45) is 1.04. The van der Waals surface area contributed by atoms with Gasteiger partial charge in [-0.25, -0.2) is 9.79 Å². The molecular weight excluding hydrogens is 412 g/mol. The van der Waals surface area contributed by atoms with E-state index in [4.69, 9.17) is 16.3 Å². The first-order valence-electron chi connectivity index (χ1n) is 7.57. The van der Waals surface area contributed by atoms with Gasteiger partial charge in [0, 0.05) is 18.2 Å². The predicted molar refractivity (Wildman–Crippen MR) is 98.5 cm³/mol. The first-order valence-corrected chi connectivity index (χ1v) is 7.95. The van der Waals surface area contributed by atoms with E-state index in [1.54, 1.807) is 0 Å². The third kappa shape index (κ3) is 3.91. The summed E-state index contributed by atoms with van der Waals surface area (Å²) in [5, 5.41) is 32.7. The fraction of sp³-hybridized carbons (Fsp3) is 0. The molecule has 0 fully saturated rings. The van der Waals surface area contributed by atoms with Gasteiger partial charge >= 0.3 is 5.97 Å². The van der Waals surface area contributed by atoms with E-state index in [1.165, 1.54) is 6.07 Å². The summed E-state index contributed by atoms with van der Waals surface area (Å²) in [6.45, 7) is 0. The summed E-state index contributed by atoms with van der Waals surface area (Å²) < 4.78 is 4.99. The molecule has 3 rings (SSSR count). The number of nitro groups is 3. The average Bonchev–Trinajstić information content (AvgIpc) is 3.01. The quantitative estimate of drug-likeness (QED) is 0.308. The van der Waals surface area contributed by atoms with Crippen LogP contribution < -0.4 is 0 Å². The number of halogens is 1. The van der Waals surface area contributed by atoms with Gasteiger partial charge in [0.15, 0.2) is 5.70 Å². The molecule has 0 radical (unpaired) electrons. The number of aliphatic imine (C=N–C) groups is 1. The van der Waals surface area contributed by atoms with E-state index in [1.807, 2.05) is 0 Å². The summed E-state index contributed by atoms with van der Waals surface area (Å²) in [7, 11) is 0. The number of ether oxygens (including phenoxy) is 1. The molecule has 2 aromatic rings. The van der Waals surface area contributed by atoms with Gasteiger partial charge in [-0.15, -0.1) is 0 Å². The van der Waals surface area contributed by atoms with Crippen LogP contribution >= 0.6 is 11.6 Å². The number of hydrogen-bond donors (Lipinski definition) is 0. The summed E-state index contributed by atoms with van der Waals surface area (Å²) in [4.78, 5) is 46.5. The zero-order chi connectivity index (χ0) is 21.3. The number of cyclic esters (lactones) is 1. The number of benzene rings is 2. The second-order valence-electron chi connectivity index (χ2n) is 5.51. The molecule has 13 heteroatoms. The van der Waals surface area contributed by atoms with Gasteiger partial charge < -0.3 is 4.74 Å². The number of carbonyl (C=O) groups is 1. The van der Waals surface area contributed by atoms with Crippen molar-refractivity contribution in [3.05, 3.63) is 88.6 Å². The van der Waals surface area contributed by atoms with Gasteiger partial charge in [-0.1, -0.05) is 11.6 Å². The number of rotatable bonds is 5. The molecule has 0 N–H and O–H groups in total. The maximum atomic E-state index is 12.1. The van der Waals surface area contributed by atoms with Crippen LogP contribution in [0.15, 0.2) is 47.1 Å². The molecule has 0 bridgehead atoms. The van der Waals surface area contributed by atoms with Gasteiger partial charge in [0.05, 0.1) is 37.0 Å². The average molecular weight is 419 g/mol. The van der Waals surface area contributed by atoms with Crippen molar-refractivity contribution in [1.82, 2.24) is 0 Å². The summed E-state index contributed by atoms with van der Waals surface area (Å²) in [5.41, 5.74) is -1.68. The molecule has 12 nitrogen and oxygen atoms in total. The highest BCUT2D eigenvalue weighted by atomic mass is 35.5. The Labute approximate surface area is 165 Å². The Hall–Kier alpha value is -4.19. The van der Waals surface area contributed by atoms with Crippen molar-refractivity contribution in [2.45, 2.75) is 0 Å². The minimum Gasteiger partial charge on any atom is -0.402 e. The zero-order valence-corrected chi connectivity index (χ0v) is 14.7. The van der Waals surface area contributed by atoms with Gasteiger partial charge in [-0.05, 0) is 18.2 Å². The predicted octanol–water partition coefficient (Wildman–Crippen LogP) is 3.41. The van der Waals surface area contributed by atoms with Crippen molar-refractivity contribution in [2.75, 3.05) is 0 Å². The highest BCUT2D eigenvalue weighted by Gasteiger charge is 2.28. The van der Waals surface area contributed by atoms with Gasteiger partial charge in [0.25, 0.3) is 17.1 Å². The van der Waals surface area contributed by atoms with Crippen molar-refractivity contribution < 1.29 is 24.3 Å². The van der Waals surface area contributed by atoms with Crippen LogP contribution in [0, 0.1) is 30.3 Å². The van der Waals surface area contributed by atoms with E-state index in [-0.39, 0.29) is 33.4 Å². The fourth-order valence-corrected chi connectivity index (χ4v) is 2.64. The minimum atomic E-state index is -0.943. The third-order valence-electron chi connectivity index (χ3n) is 3.73. The lowest BCUT2D eigenvalue weighted by molar-refractivity contribution is -0.394. The Morgan fingerprint density at radius 3 is 2.14 bits per heavy atom. The molecule has 1 heterocycles. The smallest absolute Gasteiger partial charge is 0.363 e. The van der Waals surface area contributed by atoms with E-state index in [9.17, 15) is 35.1 Å². The monoisotopic (exact) mass is 418 g/mol. The van der Waals surface area contributed by atoms with Crippen LogP contribution in [0.2, 0.25) is 5.02 Å². The number of esters is 1. The van der Waals surface area contributed by atoms with Crippen LogP contribution in [-0.2, 0) is 9.53 Å². The lowest BCUT2D eigenvalue weighted by atomic mass is 10.1. The molecule has 0 saturated heterocycles. The standard InChI is InChI=1S/C16H7ClN4O8/c17-12-6-9(19(23)24)3-4-11(12)15-18-13(16(22)29-15)5-8-1-2-10(20(25)26)7-14(8)21(27)28/h1-7H/b13-5-. The highest BCUT2D eigenvalue weighted by Crippen LogP contribution is 2.30. The minimum absolute atomic E-state index is 0.0895. The first-order chi connectivity index (χ1) is 13.7. The zero-order valence-electron chi connectivity index (χ0n) is 14.0. The molecule has 1 aliphatic rings. The van der Waals surface area contributed by atoms with E-state index in [0.29, 0.717) is 0 Å². The molecule has 0 aromatic heterocycles. The molecule has 0 saturated carbocycles. The molecule has 0 unspecified atom stereocenters. The van der Waals surface area contributed by atoms with Crippen LogP contribution in [0.1, 0.15) is 11.1 Å². The maximum absolute atomic E-state index is 12.1. The summed E-state index contributed by atoms with van der Waals surface area (Å²) >= 11 is 5.97. The van der Waals surface area contributed by atoms with Gasteiger partial charge in [0.1, 0.15) is 0 Å². The normalized spacial score (nSPS) is 14.4. The van der Waals surface area contributed by atoms with E-state index in [0.717, 1.165) is 36.4 Å². The van der Waals surface area contributed by atoms with Crippen molar-refractivity contribution in [2.24, 2.45) is 4.99 Å². The molecule has 2 aromatic carbocycles. The second-order valence-corrected chi connectivity index (χ2v) is 5.92. The highest BCUT2D eigenvalue weighted by molar-refractivity contribution is 6.34. The van der Waals surface area contributed by atoms with Crippen molar-refractivity contribution in [3.63, 3.8) is 0 Å². The molecule has 1 aliphatic heterocycles. The number of nitro benzene ring substituents is 3. The number of non-ortho nitro benzene ring substituents is 2. The van der Waals surface area contributed by atoms with Crippen LogP contribution in [0.4, 0.5) is 17.1 Å². The lowest BCUT2D eigenvalue weighted by Gasteiger charge is -2.02. The fourth-order valence-electron chi connectivity index (χ4n) is 2.39. The lowest BCUT2D eigenvalue weighted by Crippen LogP contribution is -2.06. The van der Waals surface area contributed by atoms with Crippen LogP contribution in [0.5, 0.6) is 0 Å². The first kappa shape index (κ1) is 19.6. The Bertz CT molecular complexity index is 1160. The van der Waals surface area contributed by atoms with E-state index in [2.05, 4.69) is 4.99 Å². The van der Waals surface area contributed by atoms with E-state index >= 15 is 0 Å². The largest absolute Gasteiger partial charge is 0.402 e. The molecule has 29 heavy (non-hydrogen) atoms. The number of carbonyl (C=O) groups excluding carboxylic acids is 1. The maximum Gasteiger partial charge on any atom is 0.363 e. The molecule has 0 aliphatic carbocycles. The van der Waals surface area contributed by atoms with Gasteiger partial charge in [-0.2, -0.15) is 0 Å². The van der Waals surface area contributed by atoms with Crippen LogP contribution in [0.25, 0.3) is 6.08 Å². The summed E-state index contributed by atoms with van der Waals surface area (Å²) in [6, 6.07) is 6.32. The number of nitrogens with zero attached hydrogens (tertiary/aromatic N) is 4. The third-order valence-corrected chi connectivity index (χ3v) is 4.04. The molecular formula is C16H7ClN4O8. The van der Waals surface area contributed by atoms with Gasteiger partial charge in [-0.3, -0.25) is 30.3 Å². The second kappa shape index (κ2) is 7.44. The molecule has 0 atom stereocenters. The Kier molecular flexibility index (Phi) is 5.02. The molecule has 146 valence electrons. The van der Waals surface area contributed by atoms with Crippen molar-refractivity contribution in [3.8, 4) is 0 Å². The van der Waals surface area contributed by atoms with Gasteiger partial charge in [0.2, 0.25) is 5.90 Å². The molecule has 0 amide bonds. The van der Waals surface area contributed by atoms with Crippen molar-refractivity contribution >= 4 is 46.6 Å². The van der Waals surface area contributed by atoms with Crippen LogP contribution in [-0.4, -0.2) is 26.6 Å². The Morgan fingerprint density at radius 1 is 0.931 bits per heavy atom. The van der Waals surface area contributed by atoms with Crippen molar-refractivity contribution in [1.29, 1.82) is 0 Å².